The maximum absolute atomic E-state index is 12.1. The van der Waals surface area contributed by atoms with Gasteiger partial charge in [0.2, 0.25) is 10.0 Å². The van der Waals surface area contributed by atoms with Crippen molar-refractivity contribution in [3.8, 4) is 0 Å². The zero-order chi connectivity index (χ0) is 13.9. The number of anilines is 1. The van der Waals surface area contributed by atoms with E-state index in [1.165, 1.54) is 0 Å². The van der Waals surface area contributed by atoms with Crippen LogP contribution in [-0.4, -0.2) is 26.8 Å². The normalized spacial score (nSPS) is 19.8. The SMILES string of the molecule is CC(C)c1cccc(NS(=O)(=O)CC2CCCN2)c1. The lowest BCUT2D eigenvalue weighted by Crippen LogP contribution is -2.32. The molecule has 1 aromatic carbocycles. The highest BCUT2D eigenvalue weighted by Gasteiger charge is 2.22. The minimum Gasteiger partial charge on any atom is -0.313 e. The second-order valence-corrected chi connectivity index (χ2v) is 7.22. The summed E-state index contributed by atoms with van der Waals surface area (Å²) >= 11 is 0. The molecule has 1 saturated heterocycles. The van der Waals surface area contributed by atoms with E-state index in [-0.39, 0.29) is 11.8 Å². The van der Waals surface area contributed by atoms with E-state index in [1.54, 1.807) is 6.07 Å². The highest BCUT2D eigenvalue weighted by atomic mass is 32.2. The van der Waals surface area contributed by atoms with Crippen LogP contribution in [0.4, 0.5) is 5.69 Å². The molecule has 0 amide bonds. The summed E-state index contributed by atoms with van der Waals surface area (Å²) < 4.78 is 26.8. The van der Waals surface area contributed by atoms with Gasteiger partial charge in [0.25, 0.3) is 0 Å². The Labute approximate surface area is 115 Å². The molecule has 0 radical (unpaired) electrons. The predicted molar refractivity (Wildman–Crippen MR) is 79.0 cm³/mol. The third kappa shape index (κ3) is 4.21. The molecule has 1 fully saturated rings. The van der Waals surface area contributed by atoms with Crippen molar-refractivity contribution in [2.45, 2.75) is 38.6 Å². The summed E-state index contributed by atoms with van der Waals surface area (Å²) in [6.45, 7) is 5.11. The van der Waals surface area contributed by atoms with Crippen LogP contribution < -0.4 is 10.0 Å². The van der Waals surface area contributed by atoms with Crippen LogP contribution in [0.5, 0.6) is 0 Å². The van der Waals surface area contributed by atoms with Crippen molar-refractivity contribution >= 4 is 15.7 Å². The molecule has 4 nitrogen and oxygen atoms in total. The molecule has 1 aromatic rings. The number of benzene rings is 1. The third-order valence-corrected chi connectivity index (χ3v) is 4.80. The Morgan fingerprint density at radius 1 is 1.42 bits per heavy atom. The second-order valence-electron chi connectivity index (χ2n) is 5.46. The maximum Gasteiger partial charge on any atom is 0.234 e. The van der Waals surface area contributed by atoms with Gasteiger partial charge in [0.15, 0.2) is 0 Å². The van der Waals surface area contributed by atoms with E-state index >= 15 is 0 Å². The Morgan fingerprint density at radius 2 is 2.21 bits per heavy atom. The average molecular weight is 282 g/mol. The minimum atomic E-state index is -3.27. The molecular formula is C14H22N2O2S. The van der Waals surface area contributed by atoms with Crippen LogP contribution in [0.2, 0.25) is 0 Å². The van der Waals surface area contributed by atoms with E-state index in [4.69, 9.17) is 0 Å². The van der Waals surface area contributed by atoms with Crippen molar-refractivity contribution in [3.63, 3.8) is 0 Å². The summed E-state index contributed by atoms with van der Waals surface area (Å²) in [6, 6.07) is 7.70. The first-order valence-electron chi connectivity index (χ1n) is 6.80. The van der Waals surface area contributed by atoms with Crippen molar-refractivity contribution in [2.24, 2.45) is 0 Å². The van der Waals surface area contributed by atoms with Gasteiger partial charge in [-0.2, -0.15) is 0 Å². The van der Waals surface area contributed by atoms with Gasteiger partial charge in [0, 0.05) is 11.7 Å². The van der Waals surface area contributed by atoms with Crippen LogP contribution in [0.3, 0.4) is 0 Å². The Balaban J connectivity index is 2.04. The molecular weight excluding hydrogens is 260 g/mol. The Morgan fingerprint density at radius 3 is 2.84 bits per heavy atom. The van der Waals surface area contributed by atoms with Crippen LogP contribution in [0.1, 0.15) is 38.2 Å². The number of rotatable bonds is 5. The molecule has 1 aliphatic heterocycles. The highest BCUT2D eigenvalue weighted by molar-refractivity contribution is 7.92. The molecule has 1 aliphatic rings. The smallest absolute Gasteiger partial charge is 0.234 e. The van der Waals surface area contributed by atoms with Crippen LogP contribution in [0.15, 0.2) is 24.3 Å². The topological polar surface area (TPSA) is 58.2 Å². The van der Waals surface area contributed by atoms with E-state index in [1.807, 2.05) is 18.2 Å². The summed E-state index contributed by atoms with van der Waals surface area (Å²) in [7, 11) is -3.27. The summed E-state index contributed by atoms with van der Waals surface area (Å²) in [4.78, 5) is 0. The summed E-state index contributed by atoms with van der Waals surface area (Å²) in [5.41, 5.74) is 1.79. The van der Waals surface area contributed by atoms with Gasteiger partial charge in [0.1, 0.15) is 0 Å². The van der Waals surface area contributed by atoms with E-state index < -0.39 is 10.0 Å². The highest BCUT2D eigenvalue weighted by Crippen LogP contribution is 2.20. The molecule has 1 unspecified atom stereocenters. The monoisotopic (exact) mass is 282 g/mol. The molecule has 0 bridgehead atoms. The van der Waals surface area contributed by atoms with Crippen molar-refractivity contribution in [1.82, 2.24) is 5.32 Å². The van der Waals surface area contributed by atoms with Gasteiger partial charge in [0.05, 0.1) is 5.75 Å². The molecule has 19 heavy (non-hydrogen) atoms. The van der Waals surface area contributed by atoms with E-state index in [9.17, 15) is 8.42 Å². The Kier molecular flexibility index (Phi) is 4.47. The Hall–Kier alpha value is -1.07. The lowest BCUT2D eigenvalue weighted by atomic mass is 10.0. The Bertz CT molecular complexity index is 520. The molecule has 2 rings (SSSR count). The van der Waals surface area contributed by atoms with Crippen molar-refractivity contribution in [3.05, 3.63) is 29.8 Å². The molecule has 1 atom stereocenters. The van der Waals surface area contributed by atoms with Gasteiger partial charge in [-0.3, -0.25) is 4.72 Å². The molecule has 1 heterocycles. The third-order valence-electron chi connectivity index (χ3n) is 3.41. The summed E-state index contributed by atoms with van der Waals surface area (Å²) in [5, 5.41) is 3.21. The maximum atomic E-state index is 12.1. The largest absolute Gasteiger partial charge is 0.313 e. The first-order valence-corrected chi connectivity index (χ1v) is 8.45. The van der Waals surface area contributed by atoms with Crippen LogP contribution in [0.25, 0.3) is 0 Å². The van der Waals surface area contributed by atoms with E-state index in [2.05, 4.69) is 23.9 Å². The second kappa shape index (κ2) is 5.92. The van der Waals surface area contributed by atoms with Gasteiger partial charge in [-0.25, -0.2) is 8.42 Å². The fraction of sp³-hybridized carbons (Fsp3) is 0.571. The standard InChI is InChI=1S/C14H22N2O2S/c1-11(2)12-5-3-6-13(9-12)16-19(17,18)10-14-7-4-8-15-14/h3,5-6,9,11,14-16H,4,7-8,10H2,1-2H3. The zero-order valence-corrected chi connectivity index (χ0v) is 12.3. The van der Waals surface area contributed by atoms with E-state index in [0.29, 0.717) is 11.6 Å². The van der Waals surface area contributed by atoms with Gasteiger partial charge in [-0.1, -0.05) is 26.0 Å². The fourth-order valence-electron chi connectivity index (χ4n) is 2.35. The molecule has 0 saturated carbocycles. The van der Waals surface area contributed by atoms with Crippen molar-refractivity contribution < 1.29 is 8.42 Å². The molecule has 5 heteroatoms. The summed E-state index contributed by atoms with van der Waals surface area (Å²) in [6.07, 6.45) is 2.00. The molecule has 0 spiro atoms. The van der Waals surface area contributed by atoms with Gasteiger partial charge < -0.3 is 5.32 Å². The van der Waals surface area contributed by atoms with Crippen molar-refractivity contribution in [1.29, 1.82) is 0 Å². The fourth-order valence-corrected chi connectivity index (χ4v) is 3.73. The van der Waals surface area contributed by atoms with Gasteiger partial charge >= 0.3 is 0 Å². The number of hydrogen-bond acceptors (Lipinski definition) is 3. The van der Waals surface area contributed by atoms with Gasteiger partial charge in [-0.05, 0) is 43.0 Å². The first-order chi connectivity index (χ1) is 8.96. The predicted octanol–water partition coefficient (Wildman–Crippen LogP) is 2.30. The van der Waals surface area contributed by atoms with Gasteiger partial charge in [-0.15, -0.1) is 0 Å². The molecule has 0 aliphatic carbocycles. The average Bonchev–Trinajstić information content (AvgIpc) is 2.80. The minimum absolute atomic E-state index is 0.0887. The molecule has 2 N–H and O–H groups in total. The lowest BCUT2D eigenvalue weighted by molar-refractivity contribution is 0.582. The van der Waals surface area contributed by atoms with Crippen molar-refractivity contribution in [2.75, 3.05) is 17.0 Å². The first kappa shape index (κ1) is 14.3. The van der Waals surface area contributed by atoms with Crippen LogP contribution in [-0.2, 0) is 10.0 Å². The van der Waals surface area contributed by atoms with Crippen LogP contribution in [0, 0.1) is 0 Å². The number of hydrogen-bond donors (Lipinski definition) is 2. The van der Waals surface area contributed by atoms with Crippen LogP contribution >= 0.6 is 0 Å². The lowest BCUT2D eigenvalue weighted by Gasteiger charge is -2.14. The quantitative estimate of drug-likeness (QED) is 0.871. The number of sulfonamides is 1. The molecule has 106 valence electrons. The van der Waals surface area contributed by atoms with E-state index in [0.717, 1.165) is 24.9 Å². The summed E-state index contributed by atoms with van der Waals surface area (Å²) in [5.74, 6) is 0.541. The molecule has 0 aromatic heterocycles. The zero-order valence-electron chi connectivity index (χ0n) is 11.5. The number of nitrogens with one attached hydrogen (secondary N) is 2.